The highest BCUT2D eigenvalue weighted by atomic mass is 35.5. The van der Waals surface area contributed by atoms with Crippen molar-refractivity contribution < 1.29 is 5.11 Å². The van der Waals surface area contributed by atoms with Crippen molar-refractivity contribution in [3.8, 4) is 5.75 Å². The van der Waals surface area contributed by atoms with E-state index in [0.29, 0.717) is 11.6 Å². The van der Waals surface area contributed by atoms with Crippen LogP contribution in [0.15, 0.2) is 24.3 Å². The van der Waals surface area contributed by atoms with Gasteiger partial charge in [0.05, 0.1) is 0 Å². The van der Waals surface area contributed by atoms with Crippen LogP contribution in [0.4, 0.5) is 0 Å². The number of halogens is 1. The van der Waals surface area contributed by atoms with E-state index in [1.54, 1.807) is 12.1 Å². The summed E-state index contributed by atoms with van der Waals surface area (Å²) in [6.07, 6.45) is 0. The predicted octanol–water partition coefficient (Wildman–Crippen LogP) is 2.06. The lowest BCUT2D eigenvalue weighted by atomic mass is 10.2. The van der Waals surface area contributed by atoms with Crippen molar-refractivity contribution in [2.45, 2.75) is 6.54 Å². The summed E-state index contributed by atoms with van der Waals surface area (Å²) in [4.78, 5) is 2.14. The standard InChI is InChI=1S/C10H14ClNO/c1-12(7-6-11)8-9-2-4-10(13)5-3-9/h2-5,13H,6-8H2,1H3. The molecule has 0 aliphatic rings. The van der Waals surface area contributed by atoms with Gasteiger partial charge in [0.15, 0.2) is 0 Å². The highest BCUT2D eigenvalue weighted by Gasteiger charge is 1.98. The fourth-order valence-corrected chi connectivity index (χ4v) is 1.42. The molecule has 0 heterocycles. The lowest BCUT2D eigenvalue weighted by Gasteiger charge is -2.14. The van der Waals surface area contributed by atoms with Gasteiger partial charge >= 0.3 is 0 Å². The Kier molecular flexibility index (Phi) is 4.06. The number of phenols is 1. The van der Waals surface area contributed by atoms with Crippen LogP contribution in [0.25, 0.3) is 0 Å². The molecule has 0 saturated heterocycles. The van der Waals surface area contributed by atoms with Gasteiger partial charge in [-0.1, -0.05) is 12.1 Å². The minimum absolute atomic E-state index is 0.309. The van der Waals surface area contributed by atoms with Crippen molar-refractivity contribution in [3.05, 3.63) is 29.8 Å². The average molecular weight is 200 g/mol. The Balaban J connectivity index is 2.49. The number of rotatable bonds is 4. The van der Waals surface area contributed by atoms with Crippen molar-refractivity contribution in [1.29, 1.82) is 0 Å². The number of phenolic OH excluding ortho intramolecular Hbond substituents is 1. The largest absolute Gasteiger partial charge is 0.508 e. The van der Waals surface area contributed by atoms with Crippen LogP contribution in [0, 0.1) is 0 Å². The number of hydrogen-bond donors (Lipinski definition) is 1. The molecule has 0 radical (unpaired) electrons. The van der Waals surface area contributed by atoms with E-state index < -0.39 is 0 Å². The molecular weight excluding hydrogens is 186 g/mol. The Bertz CT molecular complexity index is 248. The fourth-order valence-electron chi connectivity index (χ4n) is 1.14. The van der Waals surface area contributed by atoms with Gasteiger partial charge in [0.25, 0.3) is 0 Å². The van der Waals surface area contributed by atoms with E-state index in [-0.39, 0.29) is 0 Å². The number of alkyl halides is 1. The SMILES string of the molecule is CN(CCCl)Cc1ccc(O)cc1. The molecule has 1 aromatic rings. The van der Waals surface area contributed by atoms with Crippen LogP contribution >= 0.6 is 11.6 Å². The first-order valence-electron chi connectivity index (χ1n) is 4.25. The molecule has 0 aromatic heterocycles. The minimum atomic E-state index is 0.309. The number of nitrogens with zero attached hydrogens (tertiary/aromatic N) is 1. The summed E-state index contributed by atoms with van der Waals surface area (Å²) in [6.45, 7) is 1.75. The zero-order valence-electron chi connectivity index (χ0n) is 7.70. The lowest BCUT2D eigenvalue weighted by molar-refractivity contribution is 0.347. The molecule has 0 aliphatic heterocycles. The molecule has 72 valence electrons. The van der Waals surface area contributed by atoms with Gasteiger partial charge in [-0.3, -0.25) is 0 Å². The lowest BCUT2D eigenvalue weighted by Crippen LogP contribution is -2.19. The van der Waals surface area contributed by atoms with Crippen LogP contribution in [-0.4, -0.2) is 29.5 Å². The molecule has 1 N–H and O–H groups in total. The zero-order valence-corrected chi connectivity index (χ0v) is 8.46. The maximum absolute atomic E-state index is 9.06. The van der Waals surface area contributed by atoms with Gasteiger partial charge in [-0.25, -0.2) is 0 Å². The van der Waals surface area contributed by atoms with Crippen molar-refractivity contribution >= 4 is 11.6 Å². The summed E-state index contributed by atoms with van der Waals surface area (Å²) < 4.78 is 0. The molecule has 0 spiro atoms. The average Bonchev–Trinajstić information content (AvgIpc) is 2.09. The second kappa shape index (κ2) is 5.10. The first-order chi connectivity index (χ1) is 6.22. The second-order valence-electron chi connectivity index (χ2n) is 3.09. The van der Waals surface area contributed by atoms with E-state index >= 15 is 0 Å². The smallest absolute Gasteiger partial charge is 0.115 e. The molecule has 3 heteroatoms. The topological polar surface area (TPSA) is 23.5 Å². The van der Waals surface area contributed by atoms with Crippen LogP contribution < -0.4 is 0 Å². The second-order valence-corrected chi connectivity index (χ2v) is 3.47. The Morgan fingerprint density at radius 2 is 1.92 bits per heavy atom. The first kappa shape index (κ1) is 10.4. The fraction of sp³-hybridized carbons (Fsp3) is 0.400. The first-order valence-corrected chi connectivity index (χ1v) is 4.78. The van der Waals surface area contributed by atoms with E-state index in [0.717, 1.165) is 13.1 Å². The number of hydrogen-bond acceptors (Lipinski definition) is 2. The van der Waals surface area contributed by atoms with Crippen LogP contribution in [0.1, 0.15) is 5.56 Å². The van der Waals surface area contributed by atoms with Gasteiger partial charge in [0, 0.05) is 19.0 Å². The molecule has 0 saturated carbocycles. The minimum Gasteiger partial charge on any atom is -0.508 e. The maximum Gasteiger partial charge on any atom is 0.115 e. The summed E-state index contributed by atoms with van der Waals surface area (Å²) in [6, 6.07) is 7.23. The Morgan fingerprint density at radius 3 is 2.46 bits per heavy atom. The van der Waals surface area contributed by atoms with Gasteiger partial charge in [-0.2, -0.15) is 0 Å². The van der Waals surface area contributed by atoms with Crippen molar-refractivity contribution in [3.63, 3.8) is 0 Å². The molecule has 0 atom stereocenters. The Hall–Kier alpha value is -0.730. The van der Waals surface area contributed by atoms with E-state index in [1.165, 1.54) is 5.56 Å². The highest BCUT2D eigenvalue weighted by molar-refractivity contribution is 6.18. The maximum atomic E-state index is 9.06. The summed E-state index contributed by atoms with van der Waals surface area (Å²) in [5.41, 5.74) is 1.19. The molecule has 1 aromatic carbocycles. The van der Waals surface area contributed by atoms with Crippen LogP contribution in [0.5, 0.6) is 5.75 Å². The van der Waals surface area contributed by atoms with Gasteiger partial charge < -0.3 is 10.0 Å². The number of benzene rings is 1. The van der Waals surface area contributed by atoms with Crippen molar-refractivity contribution in [2.24, 2.45) is 0 Å². The van der Waals surface area contributed by atoms with Crippen LogP contribution in [0.3, 0.4) is 0 Å². The molecule has 0 fully saturated rings. The summed E-state index contributed by atoms with van der Waals surface area (Å²) >= 11 is 5.61. The van der Waals surface area contributed by atoms with Gasteiger partial charge in [0.1, 0.15) is 5.75 Å². The molecule has 1 rings (SSSR count). The van der Waals surface area contributed by atoms with E-state index in [9.17, 15) is 0 Å². The molecular formula is C10H14ClNO. The van der Waals surface area contributed by atoms with E-state index in [1.807, 2.05) is 19.2 Å². The molecule has 0 unspecified atom stereocenters. The third kappa shape index (κ3) is 3.66. The van der Waals surface area contributed by atoms with Crippen LogP contribution in [0.2, 0.25) is 0 Å². The number of aromatic hydroxyl groups is 1. The summed E-state index contributed by atoms with van der Waals surface area (Å²) in [7, 11) is 2.02. The Morgan fingerprint density at radius 1 is 1.31 bits per heavy atom. The molecule has 0 aliphatic carbocycles. The highest BCUT2D eigenvalue weighted by Crippen LogP contribution is 2.10. The van der Waals surface area contributed by atoms with Crippen LogP contribution in [-0.2, 0) is 6.54 Å². The molecule has 0 amide bonds. The van der Waals surface area contributed by atoms with Crippen molar-refractivity contribution in [2.75, 3.05) is 19.5 Å². The zero-order chi connectivity index (χ0) is 9.68. The summed E-state index contributed by atoms with van der Waals surface area (Å²) in [5.74, 6) is 0.956. The predicted molar refractivity (Wildman–Crippen MR) is 55.2 cm³/mol. The van der Waals surface area contributed by atoms with Crippen molar-refractivity contribution in [1.82, 2.24) is 4.90 Å². The summed E-state index contributed by atoms with van der Waals surface area (Å²) in [5, 5.41) is 9.06. The Labute approximate surface area is 83.7 Å². The molecule has 0 bridgehead atoms. The third-order valence-corrected chi connectivity index (χ3v) is 2.02. The molecule has 13 heavy (non-hydrogen) atoms. The van der Waals surface area contributed by atoms with Gasteiger partial charge in [-0.15, -0.1) is 11.6 Å². The third-order valence-electron chi connectivity index (χ3n) is 1.86. The monoisotopic (exact) mass is 199 g/mol. The van der Waals surface area contributed by atoms with Gasteiger partial charge in [-0.05, 0) is 24.7 Å². The van der Waals surface area contributed by atoms with E-state index in [4.69, 9.17) is 16.7 Å². The molecule has 2 nitrogen and oxygen atoms in total. The van der Waals surface area contributed by atoms with Gasteiger partial charge in [0.2, 0.25) is 0 Å². The van der Waals surface area contributed by atoms with E-state index in [2.05, 4.69) is 4.90 Å². The quantitative estimate of drug-likeness (QED) is 0.751. The normalized spacial score (nSPS) is 10.7.